The molecule has 0 radical (unpaired) electrons. The van der Waals surface area contributed by atoms with Gasteiger partial charge in [0.2, 0.25) is 0 Å². The Balaban J connectivity index is 2.40. The van der Waals surface area contributed by atoms with Gasteiger partial charge in [-0.05, 0) is 25.7 Å². The number of hydrogen-bond donors (Lipinski definition) is 2. The van der Waals surface area contributed by atoms with Crippen LogP contribution in [0.15, 0.2) is 0 Å². The van der Waals surface area contributed by atoms with Gasteiger partial charge in [-0.15, -0.1) is 0 Å². The van der Waals surface area contributed by atoms with Crippen LogP contribution in [0.3, 0.4) is 0 Å². The maximum atomic E-state index is 5.91. The molecule has 0 aromatic carbocycles. The highest BCUT2D eigenvalue weighted by molar-refractivity contribution is 4.81. The maximum Gasteiger partial charge on any atom is 0.0636 e. The lowest BCUT2D eigenvalue weighted by Crippen LogP contribution is -2.52. The van der Waals surface area contributed by atoms with Crippen LogP contribution in [0.5, 0.6) is 0 Å². The van der Waals surface area contributed by atoms with Gasteiger partial charge in [0.05, 0.1) is 5.66 Å². The van der Waals surface area contributed by atoms with Gasteiger partial charge >= 0.3 is 0 Å². The van der Waals surface area contributed by atoms with Crippen molar-refractivity contribution in [2.24, 2.45) is 17.4 Å². The summed E-state index contributed by atoms with van der Waals surface area (Å²) in [5.74, 6) is 0.540. The number of hydrogen-bond acceptors (Lipinski definition) is 2. The highest BCUT2D eigenvalue weighted by Crippen LogP contribution is 2.26. The Morgan fingerprint density at radius 2 is 1.33 bits per heavy atom. The molecule has 0 heterocycles. The molecule has 2 nitrogen and oxygen atoms in total. The largest absolute Gasteiger partial charge is 0.313 e. The summed E-state index contributed by atoms with van der Waals surface area (Å²) in [7, 11) is 0. The Bertz CT molecular complexity index is 118. The molecule has 12 heavy (non-hydrogen) atoms. The average Bonchev–Trinajstić information content (AvgIpc) is 1.81. The molecule has 0 bridgehead atoms. The standard InChI is InChI=1S/C10H22N2/c1-10(11,12)9-7-5-3-2-4-6-8-9/h9H,2-8,11-12H2,1H3. The summed E-state index contributed by atoms with van der Waals surface area (Å²) >= 11 is 0. The van der Waals surface area contributed by atoms with Gasteiger partial charge in [-0.3, -0.25) is 0 Å². The van der Waals surface area contributed by atoms with Crippen molar-refractivity contribution in [2.75, 3.05) is 0 Å². The van der Waals surface area contributed by atoms with Crippen LogP contribution in [0, 0.1) is 5.92 Å². The first-order chi connectivity index (χ1) is 5.61. The third kappa shape index (κ3) is 3.11. The van der Waals surface area contributed by atoms with Gasteiger partial charge in [0.25, 0.3) is 0 Å². The smallest absolute Gasteiger partial charge is 0.0636 e. The van der Waals surface area contributed by atoms with E-state index in [0.29, 0.717) is 5.92 Å². The minimum atomic E-state index is -0.447. The lowest BCUT2D eigenvalue weighted by molar-refractivity contribution is 0.244. The Hall–Kier alpha value is -0.0800. The molecule has 72 valence electrons. The summed E-state index contributed by atoms with van der Waals surface area (Å²) in [5.41, 5.74) is 11.4. The number of nitrogens with two attached hydrogens (primary N) is 2. The van der Waals surface area contributed by atoms with Crippen molar-refractivity contribution in [3.8, 4) is 0 Å². The molecule has 4 N–H and O–H groups in total. The molecule has 1 aliphatic carbocycles. The Labute approximate surface area is 75.7 Å². The monoisotopic (exact) mass is 170 g/mol. The highest BCUT2D eigenvalue weighted by atomic mass is 14.9. The van der Waals surface area contributed by atoms with Gasteiger partial charge in [-0.25, -0.2) is 0 Å². The van der Waals surface area contributed by atoms with Gasteiger partial charge in [0, 0.05) is 0 Å². The first-order valence-electron chi connectivity index (χ1n) is 5.18. The molecular weight excluding hydrogens is 148 g/mol. The first-order valence-corrected chi connectivity index (χ1v) is 5.18. The quantitative estimate of drug-likeness (QED) is 0.591. The van der Waals surface area contributed by atoms with Gasteiger partial charge in [0.1, 0.15) is 0 Å². The zero-order valence-corrected chi connectivity index (χ0v) is 8.18. The van der Waals surface area contributed by atoms with Crippen molar-refractivity contribution in [2.45, 2.75) is 57.5 Å². The molecule has 0 spiro atoms. The van der Waals surface area contributed by atoms with Crippen LogP contribution < -0.4 is 11.5 Å². The predicted molar refractivity (Wildman–Crippen MR) is 52.6 cm³/mol. The van der Waals surface area contributed by atoms with Crippen LogP contribution in [0.1, 0.15) is 51.9 Å². The molecule has 0 aliphatic heterocycles. The Morgan fingerprint density at radius 3 is 1.75 bits per heavy atom. The lowest BCUT2D eigenvalue weighted by Gasteiger charge is -2.31. The summed E-state index contributed by atoms with van der Waals surface area (Å²) in [6.07, 6.45) is 9.22. The molecule has 1 saturated carbocycles. The SMILES string of the molecule is CC(N)(N)C1CCCCCCC1. The Morgan fingerprint density at radius 1 is 0.917 bits per heavy atom. The van der Waals surface area contributed by atoms with E-state index in [1.165, 1.54) is 44.9 Å². The highest BCUT2D eigenvalue weighted by Gasteiger charge is 2.25. The van der Waals surface area contributed by atoms with Crippen LogP contribution in [0.25, 0.3) is 0 Å². The van der Waals surface area contributed by atoms with Crippen LogP contribution in [0.2, 0.25) is 0 Å². The maximum absolute atomic E-state index is 5.91. The van der Waals surface area contributed by atoms with E-state index in [2.05, 4.69) is 0 Å². The summed E-state index contributed by atoms with van der Waals surface area (Å²) < 4.78 is 0. The fraction of sp³-hybridized carbons (Fsp3) is 1.00. The van der Waals surface area contributed by atoms with E-state index in [4.69, 9.17) is 11.5 Å². The minimum absolute atomic E-state index is 0.447. The number of rotatable bonds is 1. The fourth-order valence-corrected chi connectivity index (χ4v) is 2.08. The average molecular weight is 170 g/mol. The summed E-state index contributed by atoms with van der Waals surface area (Å²) in [4.78, 5) is 0. The van der Waals surface area contributed by atoms with Crippen LogP contribution in [0.4, 0.5) is 0 Å². The Kier molecular flexibility index (Phi) is 3.53. The van der Waals surface area contributed by atoms with Crippen molar-refractivity contribution in [3.63, 3.8) is 0 Å². The van der Waals surface area contributed by atoms with E-state index in [9.17, 15) is 0 Å². The molecule has 1 rings (SSSR count). The molecule has 1 aliphatic rings. The molecule has 0 unspecified atom stereocenters. The summed E-state index contributed by atoms with van der Waals surface area (Å²) in [5, 5.41) is 0. The molecule has 0 saturated heterocycles. The molecule has 2 heteroatoms. The molecule has 0 atom stereocenters. The van der Waals surface area contributed by atoms with Gasteiger partial charge in [-0.1, -0.05) is 32.1 Å². The molecule has 1 fully saturated rings. The summed E-state index contributed by atoms with van der Waals surface area (Å²) in [6.45, 7) is 1.96. The van der Waals surface area contributed by atoms with Gasteiger partial charge < -0.3 is 11.5 Å². The third-order valence-electron chi connectivity index (χ3n) is 2.98. The van der Waals surface area contributed by atoms with E-state index in [1.54, 1.807) is 0 Å². The van der Waals surface area contributed by atoms with Crippen LogP contribution >= 0.6 is 0 Å². The second kappa shape index (κ2) is 4.24. The van der Waals surface area contributed by atoms with E-state index in [0.717, 1.165) is 0 Å². The second-order valence-corrected chi connectivity index (χ2v) is 4.41. The normalized spacial score (nSPS) is 23.2. The van der Waals surface area contributed by atoms with Crippen LogP contribution in [-0.4, -0.2) is 5.66 Å². The van der Waals surface area contributed by atoms with E-state index >= 15 is 0 Å². The zero-order valence-electron chi connectivity index (χ0n) is 8.18. The fourth-order valence-electron chi connectivity index (χ4n) is 2.08. The zero-order chi connectivity index (χ0) is 9.03. The summed E-state index contributed by atoms with van der Waals surface area (Å²) in [6, 6.07) is 0. The molecular formula is C10H22N2. The first kappa shape index (κ1) is 10.0. The van der Waals surface area contributed by atoms with E-state index in [1.807, 2.05) is 6.92 Å². The minimum Gasteiger partial charge on any atom is -0.313 e. The van der Waals surface area contributed by atoms with E-state index < -0.39 is 5.66 Å². The van der Waals surface area contributed by atoms with Gasteiger partial charge in [-0.2, -0.15) is 0 Å². The topological polar surface area (TPSA) is 52.0 Å². The van der Waals surface area contributed by atoms with Crippen molar-refractivity contribution in [1.82, 2.24) is 0 Å². The van der Waals surface area contributed by atoms with Crippen molar-refractivity contribution in [1.29, 1.82) is 0 Å². The van der Waals surface area contributed by atoms with Crippen molar-refractivity contribution >= 4 is 0 Å². The van der Waals surface area contributed by atoms with Crippen LogP contribution in [-0.2, 0) is 0 Å². The van der Waals surface area contributed by atoms with Gasteiger partial charge in [0.15, 0.2) is 0 Å². The predicted octanol–water partition coefficient (Wildman–Crippen LogP) is 1.98. The van der Waals surface area contributed by atoms with Crippen molar-refractivity contribution in [3.05, 3.63) is 0 Å². The van der Waals surface area contributed by atoms with E-state index in [-0.39, 0.29) is 0 Å². The lowest BCUT2D eigenvalue weighted by atomic mass is 9.83. The molecule has 0 aromatic rings. The second-order valence-electron chi connectivity index (χ2n) is 4.41. The van der Waals surface area contributed by atoms with Crippen molar-refractivity contribution < 1.29 is 0 Å². The molecule has 0 amide bonds. The third-order valence-corrected chi connectivity index (χ3v) is 2.98. The molecule has 0 aromatic heterocycles.